The summed E-state index contributed by atoms with van der Waals surface area (Å²) in [5.41, 5.74) is 1.43. The van der Waals surface area contributed by atoms with E-state index in [9.17, 15) is 4.79 Å². The molecule has 1 aromatic carbocycles. The van der Waals surface area contributed by atoms with Crippen LogP contribution in [0.15, 0.2) is 16.5 Å². The Morgan fingerprint density at radius 3 is 2.88 bits per heavy atom. The number of nitrogens with zero attached hydrogens (tertiary/aromatic N) is 1. The van der Waals surface area contributed by atoms with Crippen LogP contribution < -0.4 is 4.74 Å². The number of oxazole rings is 1. The summed E-state index contributed by atoms with van der Waals surface area (Å²) in [7, 11) is 3.06. The van der Waals surface area contributed by atoms with Crippen LogP contribution in [0.4, 0.5) is 0 Å². The van der Waals surface area contributed by atoms with Crippen molar-refractivity contribution in [1.29, 1.82) is 0 Å². The molecule has 5 heteroatoms. The number of benzene rings is 1. The molecule has 0 unspecified atom stereocenters. The Bertz CT molecular complexity index is 518. The van der Waals surface area contributed by atoms with E-state index in [1.165, 1.54) is 7.11 Å². The second kappa shape index (κ2) is 4.32. The molecule has 0 aliphatic rings. The summed E-state index contributed by atoms with van der Waals surface area (Å²) in [4.78, 5) is 14.8. The van der Waals surface area contributed by atoms with Gasteiger partial charge in [0.15, 0.2) is 11.1 Å². The second-order valence-corrected chi connectivity index (χ2v) is 3.17. The third-order valence-corrected chi connectivity index (χ3v) is 2.11. The lowest BCUT2D eigenvalue weighted by Crippen LogP contribution is -1.89. The van der Waals surface area contributed by atoms with Crippen LogP contribution >= 0.6 is 0 Å². The number of ether oxygens (including phenoxy) is 2. The predicted octanol–water partition coefficient (Wildman–Crippen LogP) is 1.44. The van der Waals surface area contributed by atoms with E-state index in [4.69, 9.17) is 13.9 Å². The highest BCUT2D eigenvalue weighted by atomic mass is 16.5. The SMILES string of the molecule is COCc1nc2c(OC)cc([C]=O)cc2o1. The van der Waals surface area contributed by atoms with Gasteiger partial charge in [0.1, 0.15) is 12.4 Å². The van der Waals surface area contributed by atoms with E-state index < -0.39 is 0 Å². The van der Waals surface area contributed by atoms with Gasteiger partial charge in [0, 0.05) is 12.7 Å². The average molecular weight is 220 g/mol. The van der Waals surface area contributed by atoms with Crippen LogP contribution in [0.5, 0.6) is 5.75 Å². The van der Waals surface area contributed by atoms with Crippen molar-refractivity contribution in [2.24, 2.45) is 0 Å². The van der Waals surface area contributed by atoms with Gasteiger partial charge in [-0.1, -0.05) is 0 Å². The van der Waals surface area contributed by atoms with Crippen molar-refractivity contribution in [3.8, 4) is 5.75 Å². The summed E-state index contributed by atoms with van der Waals surface area (Å²) in [5.74, 6) is 0.931. The zero-order valence-corrected chi connectivity index (χ0v) is 8.94. The van der Waals surface area contributed by atoms with E-state index in [1.54, 1.807) is 25.5 Å². The van der Waals surface area contributed by atoms with Crippen molar-refractivity contribution in [2.45, 2.75) is 6.61 Å². The molecule has 0 bridgehead atoms. The van der Waals surface area contributed by atoms with Crippen LogP contribution in [-0.4, -0.2) is 25.5 Å². The molecule has 0 N–H and O–H groups in total. The molecule has 0 saturated heterocycles. The summed E-state index contributed by atoms with van der Waals surface area (Å²) >= 11 is 0. The number of carbonyl (C=O) groups excluding carboxylic acids is 1. The first-order valence-electron chi connectivity index (χ1n) is 4.63. The average Bonchev–Trinajstić information content (AvgIpc) is 2.70. The Kier molecular flexibility index (Phi) is 2.87. The maximum absolute atomic E-state index is 10.6. The van der Waals surface area contributed by atoms with Crippen LogP contribution in [0.2, 0.25) is 0 Å². The molecule has 0 fully saturated rings. The van der Waals surface area contributed by atoms with E-state index in [-0.39, 0.29) is 6.61 Å². The lowest BCUT2D eigenvalue weighted by molar-refractivity contribution is 0.161. The van der Waals surface area contributed by atoms with Crippen LogP contribution in [0.25, 0.3) is 11.1 Å². The van der Waals surface area contributed by atoms with Gasteiger partial charge in [-0.3, -0.25) is 4.79 Å². The summed E-state index contributed by atoms with van der Waals surface area (Å²) < 4.78 is 15.4. The molecule has 0 saturated carbocycles. The van der Waals surface area contributed by atoms with Gasteiger partial charge in [0.05, 0.1) is 7.11 Å². The van der Waals surface area contributed by atoms with E-state index in [0.29, 0.717) is 28.3 Å². The molecule has 5 nitrogen and oxygen atoms in total. The quantitative estimate of drug-likeness (QED) is 0.780. The summed E-state index contributed by atoms with van der Waals surface area (Å²) in [6.45, 7) is 0.276. The Morgan fingerprint density at radius 1 is 1.44 bits per heavy atom. The molecule has 0 amide bonds. The molecule has 1 heterocycles. The van der Waals surface area contributed by atoms with Gasteiger partial charge in [-0.2, -0.15) is 0 Å². The van der Waals surface area contributed by atoms with Crippen LogP contribution in [0.3, 0.4) is 0 Å². The molecule has 1 aromatic heterocycles. The number of aromatic nitrogens is 1. The van der Waals surface area contributed by atoms with Gasteiger partial charge in [0.25, 0.3) is 0 Å². The van der Waals surface area contributed by atoms with Gasteiger partial charge < -0.3 is 13.9 Å². The second-order valence-electron chi connectivity index (χ2n) is 3.17. The van der Waals surface area contributed by atoms with Gasteiger partial charge in [-0.25, -0.2) is 4.98 Å². The molecule has 83 valence electrons. The Hall–Kier alpha value is -1.88. The van der Waals surface area contributed by atoms with Crippen molar-refractivity contribution in [2.75, 3.05) is 14.2 Å². The van der Waals surface area contributed by atoms with E-state index in [1.807, 2.05) is 0 Å². The zero-order valence-electron chi connectivity index (χ0n) is 8.94. The van der Waals surface area contributed by atoms with E-state index >= 15 is 0 Å². The molecule has 16 heavy (non-hydrogen) atoms. The third kappa shape index (κ3) is 1.77. The molecule has 0 aliphatic heterocycles. The molecule has 0 aliphatic carbocycles. The number of rotatable bonds is 4. The number of hydrogen-bond donors (Lipinski definition) is 0. The lowest BCUT2D eigenvalue weighted by atomic mass is 10.2. The molecule has 0 atom stereocenters. The molecular formula is C11H10NO4. The smallest absolute Gasteiger partial charge is 0.233 e. The fourth-order valence-electron chi connectivity index (χ4n) is 1.44. The third-order valence-electron chi connectivity index (χ3n) is 2.11. The van der Waals surface area contributed by atoms with Crippen molar-refractivity contribution in [1.82, 2.24) is 4.98 Å². The Morgan fingerprint density at radius 2 is 2.25 bits per heavy atom. The Balaban J connectivity index is 2.60. The van der Waals surface area contributed by atoms with Crippen molar-refractivity contribution >= 4 is 17.4 Å². The minimum Gasteiger partial charge on any atom is -0.494 e. The van der Waals surface area contributed by atoms with Crippen molar-refractivity contribution in [3.63, 3.8) is 0 Å². The monoisotopic (exact) mass is 220 g/mol. The minimum absolute atomic E-state index is 0.276. The van der Waals surface area contributed by atoms with Crippen molar-refractivity contribution in [3.05, 3.63) is 23.6 Å². The van der Waals surface area contributed by atoms with Crippen LogP contribution in [-0.2, 0) is 16.1 Å². The normalized spacial score (nSPS) is 10.6. The molecule has 2 rings (SSSR count). The van der Waals surface area contributed by atoms with Gasteiger partial charge >= 0.3 is 0 Å². The van der Waals surface area contributed by atoms with E-state index in [0.717, 1.165) is 0 Å². The highest BCUT2D eigenvalue weighted by Gasteiger charge is 2.12. The van der Waals surface area contributed by atoms with Gasteiger partial charge in [-0.15, -0.1) is 0 Å². The van der Waals surface area contributed by atoms with Crippen molar-refractivity contribution < 1.29 is 18.7 Å². The fourth-order valence-corrected chi connectivity index (χ4v) is 1.44. The topological polar surface area (TPSA) is 61.6 Å². The maximum Gasteiger partial charge on any atom is 0.233 e. The largest absolute Gasteiger partial charge is 0.494 e. The first-order chi connectivity index (χ1) is 7.78. The number of fused-ring (bicyclic) bond motifs is 1. The standard InChI is InChI=1S/C11H10NO4/c1-14-6-10-12-11-8(15-2)3-7(5-13)4-9(11)16-10/h3-4H,6H2,1-2H3. The number of hydrogen-bond acceptors (Lipinski definition) is 5. The van der Waals surface area contributed by atoms with Crippen LogP contribution in [0, 0.1) is 0 Å². The number of methoxy groups -OCH3 is 2. The highest BCUT2D eigenvalue weighted by molar-refractivity contribution is 5.88. The van der Waals surface area contributed by atoms with Gasteiger partial charge in [0.2, 0.25) is 12.2 Å². The molecular weight excluding hydrogens is 210 g/mol. The molecule has 0 spiro atoms. The molecule has 2 aromatic rings. The van der Waals surface area contributed by atoms with E-state index in [2.05, 4.69) is 4.98 Å². The first kappa shape index (κ1) is 10.6. The Labute approximate surface area is 92.0 Å². The van der Waals surface area contributed by atoms with Crippen LogP contribution in [0.1, 0.15) is 11.5 Å². The first-order valence-corrected chi connectivity index (χ1v) is 4.63. The summed E-state index contributed by atoms with van der Waals surface area (Å²) in [6.07, 6.45) is 1.79. The highest BCUT2D eigenvalue weighted by Crippen LogP contribution is 2.27. The fraction of sp³-hybridized carbons (Fsp3) is 0.273. The summed E-state index contributed by atoms with van der Waals surface area (Å²) in [6, 6.07) is 3.13. The zero-order chi connectivity index (χ0) is 11.5. The minimum atomic E-state index is 0.276. The predicted molar refractivity (Wildman–Crippen MR) is 56.1 cm³/mol. The van der Waals surface area contributed by atoms with Gasteiger partial charge in [-0.05, 0) is 12.1 Å². The molecule has 1 radical (unpaired) electrons. The summed E-state index contributed by atoms with van der Waals surface area (Å²) in [5, 5.41) is 0. The lowest BCUT2D eigenvalue weighted by Gasteiger charge is -1.99. The maximum atomic E-state index is 10.6.